The summed E-state index contributed by atoms with van der Waals surface area (Å²) in [5.41, 5.74) is 3.46. The standard InChI is InChI=1S/C12H13ClFN5/c1-6-11(16-7(2)17-12(6)19-15)18-10-4-3-8(13)5-9(10)14/h3-5H,15H2,1-2H3,(H2,16,17,18,19). The topological polar surface area (TPSA) is 75.9 Å². The average Bonchev–Trinajstić information content (AvgIpc) is 2.36. The smallest absolute Gasteiger partial charge is 0.148 e. The molecule has 0 fully saturated rings. The summed E-state index contributed by atoms with van der Waals surface area (Å²) in [6, 6.07) is 4.37. The van der Waals surface area contributed by atoms with Crippen molar-refractivity contribution in [1.82, 2.24) is 9.97 Å². The maximum atomic E-state index is 13.7. The van der Waals surface area contributed by atoms with E-state index in [1.54, 1.807) is 26.0 Å². The van der Waals surface area contributed by atoms with Gasteiger partial charge in [-0.2, -0.15) is 0 Å². The predicted octanol–water partition coefficient (Wildman–Crippen LogP) is 2.92. The minimum atomic E-state index is -0.453. The van der Waals surface area contributed by atoms with Crippen molar-refractivity contribution in [2.24, 2.45) is 5.84 Å². The van der Waals surface area contributed by atoms with Crippen molar-refractivity contribution in [3.8, 4) is 0 Å². The third-order valence-corrected chi connectivity index (χ3v) is 2.81. The van der Waals surface area contributed by atoms with Crippen molar-refractivity contribution >= 4 is 28.9 Å². The van der Waals surface area contributed by atoms with Crippen LogP contribution in [0.2, 0.25) is 5.02 Å². The van der Waals surface area contributed by atoms with Crippen LogP contribution in [0.5, 0.6) is 0 Å². The minimum Gasteiger partial charge on any atom is -0.337 e. The maximum Gasteiger partial charge on any atom is 0.148 e. The van der Waals surface area contributed by atoms with Gasteiger partial charge >= 0.3 is 0 Å². The molecule has 1 aromatic carbocycles. The molecule has 0 atom stereocenters. The van der Waals surface area contributed by atoms with Crippen LogP contribution in [0.4, 0.5) is 21.7 Å². The van der Waals surface area contributed by atoms with Crippen LogP contribution in [0.15, 0.2) is 18.2 Å². The van der Waals surface area contributed by atoms with Crippen LogP contribution in [0.1, 0.15) is 11.4 Å². The molecular weight excluding hydrogens is 269 g/mol. The summed E-state index contributed by atoms with van der Waals surface area (Å²) < 4.78 is 13.7. The van der Waals surface area contributed by atoms with Crippen LogP contribution in [0, 0.1) is 19.7 Å². The van der Waals surface area contributed by atoms with Gasteiger partial charge in [0.1, 0.15) is 23.3 Å². The van der Waals surface area contributed by atoms with Crippen molar-refractivity contribution in [2.45, 2.75) is 13.8 Å². The second-order valence-electron chi connectivity index (χ2n) is 3.99. The van der Waals surface area contributed by atoms with Crippen LogP contribution in [-0.2, 0) is 0 Å². The van der Waals surface area contributed by atoms with Gasteiger partial charge in [0.2, 0.25) is 0 Å². The first-order chi connectivity index (χ1) is 9.01. The van der Waals surface area contributed by atoms with Gasteiger partial charge in [0.25, 0.3) is 0 Å². The molecule has 0 saturated heterocycles. The molecule has 7 heteroatoms. The Hall–Kier alpha value is -1.92. The van der Waals surface area contributed by atoms with Gasteiger partial charge in [0.05, 0.1) is 5.69 Å². The van der Waals surface area contributed by atoms with Crippen LogP contribution >= 0.6 is 11.6 Å². The fraction of sp³-hybridized carbons (Fsp3) is 0.167. The highest BCUT2D eigenvalue weighted by Gasteiger charge is 2.10. The number of nitrogen functional groups attached to an aromatic ring is 1. The summed E-state index contributed by atoms with van der Waals surface area (Å²) in [4.78, 5) is 8.35. The molecule has 0 saturated carbocycles. The SMILES string of the molecule is Cc1nc(NN)c(C)c(Nc2ccc(Cl)cc2F)n1. The summed E-state index contributed by atoms with van der Waals surface area (Å²) in [5.74, 6) is 6.42. The number of anilines is 3. The third kappa shape index (κ3) is 2.91. The van der Waals surface area contributed by atoms with E-state index in [9.17, 15) is 4.39 Å². The Bertz CT molecular complexity index is 617. The molecule has 0 aliphatic rings. The first-order valence-electron chi connectivity index (χ1n) is 5.55. The number of benzene rings is 1. The summed E-state index contributed by atoms with van der Waals surface area (Å²) >= 11 is 5.70. The predicted molar refractivity (Wildman–Crippen MR) is 74.0 cm³/mol. The maximum absolute atomic E-state index is 13.7. The summed E-state index contributed by atoms with van der Waals surface area (Å²) in [6.45, 7) is 3.51. The molecule has 0 unspecified atom stereocenters. The normalized spacial score (nSPS) is 10.4. The first-order valence-corrected chi connectivity index (χ1v) is 5.93. The van der Waals surface area contributed by atoms with Crippen LogP contribution in [0.3, 0.4) is 0 Å². The van der Waals surface area contributed by atoms with E-state index >= 15 is 0 Å². The van der Waals surface area contributed by atoms with Crippen LogP contribution < -0.4 is 16.6 Å². The molecule has 0 aliphatic carbocycles. The number of rotatable bonds is 3. The molecule has 1 heterocycles. The zero-order valence-electron chi connectivity index (χ0n) is 10.5. The molecule has 2 rings (SSSR count). The van der Waals surface area contributed by atoms with Gasteiger partial charge in [-0.1, -0.05) is 11.6 Å². The molecule has 19 heavy (non-hydrogen) atoms. The summed E-state index contributed by atoms with van der Waals surface area (Å²) in [7, 11) is 0. The van der Waals surface area contributed by atoms with Crippen molar-refractivity contribution in [3.05, 3.63) is 40.4 Å². The summed E-state index contributed by atoms with van der Waals surface area (Å²) in [6.07, 6.45) is 0. The zero-order chi connectivity index (χ0) is 14.0. The number of nitrogens with zero attached hydrogens (tertiary/aromatic N) is 2. The Labute approximate surface area is 115 Å². The van der Waals surface area contributed by atoms with Gasteiger partial charge in [-0.3, -0.25) is 0 Å². The second kappa shape index (κ2) is 5.38. The number of hydrogen-bond donors (Lipinski definition) is 3. The lowest BCUT2D eigenvalue weighted by molar-refractivity contribution is 0.632. The lowest BCUT2D eigenvalue weighted by Gasteiger charge is -2.13. The minimum absolute atomic E-state index is 0.286. The van der Waals surface area contributed by atoms with E-state index in [-0.39, 0.29) is 5.69 Å². The molecule has 2 aromatic rings. The number of aryl methyl sites for hydroxylation is 1. The number of halogens is 2. The van der Waals surface area contributed by atoms with Crippen molar-refractivity contribution < 1.29 is 4.39 Å². The molecule has 100 valence electrons. The number of nitrogens with two attached hydrogens (primary N) is 1. The Morgan fingerprint density at radius 2 is 1.89 bits per heavy atom. The van der Waals surface area contributed by atoms with Gasteiger partial charge in [0.15, 0.2) is 0 Å². The quantitative estimate of drug-likeness (QED) is 0.596. The molecule has 0 aliphatic heterocycles. The Balaban J connectivity index is 2.40. The largest absolute Gasteiger partial charge is 0.337 e. The first kappa shape index (κ1) is 13.5. The van der Waals surface area contributed by atoms with E-state index < -0.39 is 5.82 Å². The molecule has 1 aromatic heterocycles. The van der Waals surface area contributed by atoms with Crippen LogP contribution in [0.25, 0.3) is 0 Å². The summed E-state index contributed by atoms with van der Waals surface area (Å²) in [5, 5.41) is 3.24. The van der Waals surface area contributed by atoms with Crippen molar-refractivity contribution in [1.29, 1.82) is 0 Å². The van der Waals surface area contributed by atoms with E-state index in [1.807, 2.05) is 0 Å². The van der Waals surface area contributed by atoms with Crippen molar-refractivity contribution in [2.75, 3.05) is 10.7 Å². The Kier molecular flexibility index (Phi) is 3.82. The van der Waals surface area contributed by atoms with E-state index in [1.165, 1.54) is 6.07 Å². The number of hydrogen-bond acceptors (Lipinski definition) is 5. The fourth-order valence-corrected chi connectivity index (χ4v) is 1.77. The monoisotopic (exact) mass is 281 g/mol. The lowest BCUT2D eigenvalue weighted by Crippen LogP contribution is -2.13. The molecule has 4 N–H and O–H groups in total. The van der Waals surface area contributed by atoms with Gasteiger partial charge in [-0.05, 0) is 32.0 Å². The lowest BCUT2D eigenvalue weighted by atomic mass is 10.2. The third-order valence-electron chi connectivity index (χ3n) is 2.58. The fourth-order valence-electron chi connectivity index (χ4n) is 1.61. The Morgan fingerprint density at radius 1 is 1.21 bits per heavy atom. The van der Waals surface area contributed by atoms with E-state index in [0.29, 0.717) is 28.0 Å². The molecule has 5 nitrogen and oxygen atoms in total. The van der Waals surface area contributed by atoms with E-state index in [4.69, 9.17) is 17.4 Å². The van der Waals surface area contributed by atoms with Gasteiger partial charge in [0, 0.05) is 10.6 Å². The molecular formula is C12H13ClFN5. The number of nitrogens with one attached hydrogen (secondary N) is 2. The van der Waals surface area contributed by atoms with Gasteiger partial charge < -0.3 is 10.7 Å². The average molecular weight is 282 g/mol. The van der Waals surface area contributed by atoms with Gasteiger partial charge in [-0.25, -0.2) is 20.2 Å². The number of aromatic nitrogens is 2. The second-order valence-corrected chi connectivity index (χ2v) is 4.42. The highest BCUT2D eigenvalue weighted by atomic mass is 35.5. The number of hydrazine groups is 1. The highest BCUT2D eigenvalue weighted by Crippen LogP contribution is 2.26. The molecule has 0 bridgehead atoms. The molecule has 0 spiro atoms. The highest BCUT2D eigenvalue weighted by molar-refractivity contribution is 6.30. The van der Waals surface area contributed by atoms with E-state index in [0.717, 1.165) is 0 Å². The molecule has 0 radical (unpaired) electrons. The zero-order valence-corrected chi connectivity index (χ0v) is 11.2. The molecule has 0 amide bonds. The van der Waals surface area contributed by atoms with Crippen molar-refractivity contribution in [3.63, 3.8) is 0 Å². The Morgan fingerprint density at radius 3 is 2.53 bits per heavy atom. The van der Waals surface area contributed by atoms with E-state index in [2.05, 4.69) is 20.7 Å². The van der Waals surface area contributed by atoms with Gasteiger partial charge in [-0.15, -0.1) is 0 Å². The van der Waals surface area contributed by atoms with Crippen LogP contribution in [-0.4, -0.2) is 9.97 Å².